The van der Waals surface area contributed by atoms with Crippen LogP contribution in [0.2, 0.25) is 0 Å². The first-order chi connectivity index (χ1) is 9.63. The van der Waals surface area contributed by atoms with Crippen LogP contribution < -0.4 is 5.32 Å². The number of halogens is 2. The highest BCUT2D eigenvalue weighted by Gasteiger charge is 2.31. The average molecular weight is 345 g/mol. The highest BCUT2D eigenvalue weighted by molar-refractivity contribution is 9.10. The Balaban J connectivity index is 2.34. The Morgan fingerprint density at radius 2 is 2.20 bits per heavy atom. The molecule has 1 heterocycles. The van der Waals surface area contributed by atoms with E-state index in [1.165, 1.54) is 12.1 Å². The topological polar surface area (TPSA) is 41.6 Å². The summed E-state index contributed by atoms with van der Waals surface area (Å²) in [5.74, 6) is -0.687. The average Bonchev–Trinajstić information content (AvgIpc) is 2.44. The van der Waals surface area contributed by atoms with Gasteiger partial charge in [0.15, 0.2) is 0 Å². The lowest BCUT2D eigenvalue weighted by atomic mass is 10.0. The van der Waals surface area contributed by atoms with E-state index >= 15 is 0 Å². The van der Waals surface area contributed by atoms with Crippen molar-refractivity contribution in [2.24, 2.45) is 0 Å². The third-order valence-electron chi connectivity index (χ3n) is 3.28. The second-order valence-corrected chi connectivity index (χ2v) is 5.46. The largest absolute Gasteiger partial charge is 0.465 e. The molecule has 1 aliphatic rings. The molecule has 1 saturated heterocycles. The van der Waals surface area contributed by atoms with Crippen molar-refractivity contribution in [3.63, 3.8) is 0 Å². The molecule has 1 fully saturated rings. The quantitative estimate of drug-likeness (QED) is 0.849. The van der Waals surface area contributed by atoms with Gasteiger partial charge in [0.05, 0.1) is 6.61 Å². The van der Waals surface area contributed by atoms with E-state index in [2.05, 4.69) is 21.2 Å². The number of ether oxygens (including phenoxy) is 1. The van der Waals surface area contributed by atoms with E-state index in [1.807, 2.05) is 4.90 Å². The molecule has 0 amide bonds. The molecule has 0 aromatic heterocycles. The molecular formula is C14H18BrFN2O2. The van der Waals surface area contributed by atoms with Crippen LogP contribution in [0.1, 0.15) is 18.5 Å². The fourth-order valence-corrected chi connectivity index (χ4v) is 2.82. The van der Waals surface area contributed by atoms with Crippen LogP contribution in [0.3, 0.4) is 0 Å². The standard InChI is InChI=1S/C14H18BrFN2O2/c1-2-20-14(19)13(18-7-5-17-6-8-18)11-9-10(16)3-4-12(11)15/h3-4,9,13,17H,2,5-8H2,1H3. The summed E-state index contributed by atoms with van der Waals surface area (Å²) in [5.41, 5.74) is 0.616. The lowest BCUT2D eigenvalue weighted by Crippen LogP contribution is -2.47. The fraction of sp³-hybridized carbons (Fsp3) is 0.500. The lowest BCUT2D eigenvalue weighted by Gasteiger charge is -2.34. The maximum absolute atomic E-state index is 13.5. The van der Waals surface area contributed by atoms with Gasteiger partial charge >= 0.3 is 5.97 Å². The summed E-state index contributed by atoms with van der Waals surface area (Å²) in [7, 11) is 0. The Kier molecular flexibility index (Phi) is 5.51. The van der Waals surface area contributed by atoms with Crippen LogP contribution in [-0.4, -0.2) is 43.7 Å². The Hall–Kier alpha value is -0.980. The van der Waals surface area contributed by atoms with Crippen molar-refractivity contribution in [1.82, 2.24) is 10.2 Å². The van der Waals surface area contributed by atoms with Gasteiger partial charge in [0, 0.05) is 30.7 Å². The van der Waals surface area contributed by atoms with E-state index in [0.717, 1.165) is 30.7 Å². The minimum atomic E-state index is -0.567. The maximum atomic E-state index is 13.5. The van der Waals surface area contributed by atoms with Gasteiger partial charge in [-0.05, 0) is 30.7 Å². The summed E-state index contributed by atoms with van der Waals surface area (Å²) in [6.45, 7) is 5.16. The van der Waals surface area contributed by atoms with Gasteiger partial charge < -0.3 is 10.1 Å². The summed E-state index contributed by atoms with van der Waals surface area (Å²) < 4.78 is 19.4. The number of nitrogens with one attached hydrogen (secondary N) is 1. The summed E-state index contributed by atoms with van der Waals surface area (Å²) in [6.07, 6.45) is 0. The predicted octanol–water partition coefficient (Wildman–Crippen LogP) is 2.10. The molecule has 1 aromatic rings. The molecular weight excluding hydrogens is 327 g/mol. The Morgan fingerprint density at radius 3 is 2.85 bits per heavy atom. The van der Waals surface area contributed by atoms with Crippen molar-refractivity contribution in [3.05, 3.63) is 34.1 Å². The number of hydrogen-bond donors (Lipinski definition) is 1. The van der Waals surface area contributed by atoms with Crippen molar-refractivity contribution in [1.29, 1.82) is 0 Å². The first-order valence-corrected chi connectivity index (χ1v) is 7.49. The lowest BCUT2D eigenvalue weighted by molar-refractivity contribution is -0.150. The predicted molar refractivity (Wildman–Crippen MR) is 77.9 cm³/mol. The van der Waals surface area contributed by atoms with Crippen molar-refractivity contribution < 1.29 is 13.9 Å². The molecule has 1 aliphatic heterocycles. The molecule has 2 rings (SSSR count). The van der Waals surface area contributed by atoms with Gasteiger partial charge in [-0.2, -0.15) is 0 Å². The number of hydrogen-bond acceptors (Lipinski definition) is 4. The third-order valence-corrected chi connectivity index (χ3v) is 4.00. The molecule has 110 valence electrons. The Bertz CT molecular complexity index is 478. The number of rotatable bonds is 4. The summed E-state index contributed by atoms with van der Waals surface area (Å²) in [4.78, 5) is 14.3. The minimum Gasteiger partial charge on any atom is -0.465 e. The van der Waals surface area contributed by atoms with Crippen LogP contribution in [0, 0.1) is 5.82 Å². The van der Waals surface area contributed by atoms with Gasteiger partial charge in [-0.25, -0.2) is 9.18 Å². The van der Waals surface area contributed by atoms with E-state index in [1.54, 1.807) is 13.0 Å². The number of esters is 1. The van der Waals surface area contributed by atoms with Crippen molar-refractivity contribution in [2.75, 3.05) is 32.8 Å². The highest BCUT2D eigenvalue weighted by atomic mass is 79.9. The number of piperazine rings is 1. The third kappa shape index (κ3) is 3.56. The second kappa shape index (κ2) is 7.15. The molecule has 1 N–H and O–H groups in total. The van der Waals surface area contributed by atoms with Crippen LogP contribution in [-0.2, 0) is 9.53 Å². The molecule has 6 heteroatoms. The molecule has 1 aromatic carbocycles. The monoisotopic (exact) mass is 344 g/mol. The van der Waals surface area contributed by atoms with Crippen molar-refractivity contribution in [3.8, 4) is 0 Å². The zero-order valence-corrected chi connectivity index (χ0v) is 13.0. The minimum absolute atomic E-state index is 0.314. The van der Waals surface area contributed by atoms with Gasteiger partial charge in [-0.15, -0.1) is 0 Å². The molecule has 0 saturated carbocycles. The first-order valence-electron chi connectivity index (χ1n) is 6.70. The normalized spacial score (nSPS) is 17.8. The number of benzene rings is 1. The van der Waals surface area contributed by atoms with Crippen LogP contribution in [0.25, 0.3) is 0 Å². The number of nitrogens with zero attached hydrogens (tertiary/aromatic N) is 1. The van der Waals surface area contributed by atoms with Gasteiger partial charge in [0.1, 0.15) is 11.9 Å². The molecule has 0 spiro atoms. The van der Waals surface area contributed by atoms with Crippen molar-refractivity contribution in [2.45, 2.75) is 13.0 Å². The van der Waals surface area contributed by atoms with Crippen molar-refractivity contribution >= 4 is 21.9 Å². The van der Waals surface area contributed by atoms with E-state index in [0.29, 0.717) is 12.2 Å². The zero-order valence-electron chi connectivity index (χ0n) is 11.4. The van der Waals surface area contributed by atoms with Gasteiger partial charge in [0.25, 0.3) is 0 Å². The van der Waals surface area contributed by atoms with Gasteiger partial charge in [0.2, 0.25) is 0 Å². The molecule has 4 nitrogen and oxygen atoms in total. The van der Waals surface area contributed by atoms with Crippen LogP contribution in [0.15, 0.2) is 22.7 Å². The zero-order chi connectivity index (χ0) is 14.5. The maximum Gasteiger partial charge on any atom is 0.328 e. The van der Waals surface area contributed by atoms with Gasteiger partial charge in [-0.3, -0.25) is 4.90 Å². The molecule has 0 aliphatic carbocycles. The first kappa shape index (κ1) is 15.4. The summed E-state index contributed by atoms with van der Waals surface area (Å²) >= 11 is 3.40. The Labute approximate surface area is 126 Å². The van der Waals surface area contributed by atoms with E-state index in [9.17, 15) is 9.18 Å². The van der Waals surface area contributed by atoms with E-state index < -0.39 is 6.04 Å². The molecule has 1 atom stereocenters. The number of carbonyl (C=O) groups excluding carboxylic acids is 1. The molecule has 1 unspecified atom stereocenters. The SMILES string of the molecule is CCOC(=O)C(c1cc(F)ccc1Br)N1CCNCC1. The van der Waals surface area contributed by atoms with E-state index in [-0.39, 0.29) is 11.8 Å². The summed E-state index contributed by atoms with van der Waals surface area (Å²) in [5, 5.41) is 3.24. The fourth-order valence-electron chi connectivity index (χ4n) is 2.36. The molecule has 0 radical (unpaired) electrons. The second-order valence-electron chi connectivity index (χ2n) is 4.61. The highest BCUT2D eigenvalue weighted by Crippen LogP contribution is 2.30. The van der Waals surface area contributed by atoms with Crippen LogP contribution >= 0.6 is 15.9 Å². The van der Waals surface area contributed by atoms with E-state index in [4.69, 9.17) is 4.74 Å². The molecule has 20 heavy (non-hydrogen) atoms. The molecule has 0 bridgehead atoms. The smallest absolute Gasteiger partial charge is 0.328 e. The van der Waals surface area contributed by atoms with Crippen LogP contribution in [0.5, 0.6) is 0 Å². The summed E-state index contributed by atoms with van der Waals surface area (Å²) in [6, 6.07) is 3.82. The Morgan fingerprint density at radius 1 is 1.50 bits per heavy atom. The number of carbonyl (C=O) groups is 1. The van der Waals surface area contributed by atoms with Crippen LogP contribution in [0.4, 0.5) is 4.39 Å². The van der Waals surface area contributed by atoms with Gasteiger partial charge in [-0.1, -0.05) is 15.9 Å².